The van der Waals surface area contributed by atoms with E-state index in [4.69, 9.17) is 24.7 Å². The molecule has 0 fully saturated rings. The van der Waals surface area contributed by atoms with Gasteiger partial charge in [-0.15, -0.1) is 0 Å². The van der Waals surface area contributed by atoms with E-state index in [0.717, 1.165) is 28.4 Å². The van der Waals surface area contributed by atoms with Crippen LogP contribution < -0.4 is 21.1 Å². The highest BCUT2D eigenvalue weighted by Gasteiger charge is 2.11. The molecule has 40 heavy (non-hydrogen) atoms. The van der Waals surface area contributed by atoms with Crippen molar-refractivity contribution in [2.24, 2.45) is 0 Å². The fourth-order valence-electron chi connectivity index (χ4n) is 4.10. The highest BCUT2D eigenvalue weighted by molar-refractivity contribution is 5.97. The van der Waals surface area contributed by atoms with Crippen molar-refractivity contribution in [1.82, 2.24) is 10.3 Å². The molecule has 0 aliphatic carbocycles. The molecule has 4 rings (SSSR count). The Hall–Kier alpha value is -4.18. The van der Waals surface area contributed by atoms with E-state index < -0.39 is 0 Å². The number of ether oxygens (including phenoxy) is 4. The summed E-state index contributed by atoms with van der Waals surface area (Å²) in [5.74, 6) is 1.76. The van der Waals surface area contributed by atoms with Crippen LogP contribution in [0, 0.1) is 0 Å². The summed E-state index contributed by atoms with van der Waals surface area (Å²) >= 11 is 0. The predicted octanol–water partition coefficient (Wildman–Crippen LogP) is 5.32. The fourth-order valence-corrected chi connectivity index (χ4v) is 4.10. The average Bonchev–Trinajstić information content (AvgIpc) is 2.98. The lowest BCUT2D eigenvalue weighted by atomic mass is 10.1. The normalized spacial score (nSPS) is 10.9. The molecule has 3 aromatic carbocycles. The van der Waals surface area contributed by atoms with E-state index >= 15 is 0 Å². The number of aryl methyl sites for hydroxylation is 1. The Bertz CT molecular complexity index is 1410. The Morgan fingerprint density at radius 3 is 2.48 bits per heavy atom. The topological polar surface area (TPSA) is 117 Å². The van der Waals surface area contributed by atoms with Crippen molar-refractivity contribution >= 4 is 33.9 Å². The summed E-state index contributed by atoms with van der Waals surface area (Å²) in [5, 5.41) is 8.09. The van der Waals surface area contributed by atoms with Crippen LogP contribution in [0.25, 0.3) is 10.8 Å². The molecule has 0 aliphatic heterocycles. The number of aromatic nitrogens is 1. The average molecular weight is 545 g/mol. The summed E-state index contributed by atoms with van der Waals surface area (Å²) < 4.78 is 22.0. The fraction of sp³-hybridized carbons (Fsp3) is 0.290. The minimum atomic E-state index is -0.168. The molecule has 0 radical (unpaired) electrons. The van der Waals surface area contributed by atoms with Gasteiger partial charge in [-0.05, 0) is 48.4 Å². The van der Waals surface area contributed by atoms with Gasteiger partial charge in [-0.25, -0.2) is 4.98 Å². The molecule has 210 valence electrons. The van der Waals surface area contributed by atoms with Crippen molar-refractivity contribution < 1.29 is 23.7 Å². The van der Waals surface area contributed by atoms with Crippen LogP contribution in [0.4, 0.5) is 17.2 Å². The summed E-state index contributed by atoms with van der Waals surface area (Å²) in [6.45, 7) is 4.89. The second-order valence-corrected chi connectivity index (χ2v) is 9.05. The number of nitrogens with two attached hydrogens (primary N) is 1. The molecule has 0 saturated carbocycles. The molecule has 1 amide bonds. The Morgan fingerprint density at radius 1 is 0.900 bits per heavy atom. The van der Waals surface area contributed by atoms with Crippen LogP contribution in [0.3, 0.4) is 0 Å². The molecule has 9 nitrogen and oxygen atoms in total. The number of methoxy groups -OCH3 is 1. The third-order valence-electron chi connectivity index (χ3n) is 6.15. The minimum Gasteiger partial charge on any atom is -0.457 e. The number of nitrogens with zero attached hydrogens (tertiary/aromatic N) is 1. The molecule has 0 bridgehead atoms. The number of amides is 1. The number of carbonyl (C=O) groups excluding carboxylic acids is 1. The van der Waals surface area contributed by atoms with Crippen LogP contribution in [0.1, 0.15) is 22.8 Å². The van der Waals surface area contributed by atoms with E-state index in [1.165, 1.54) is 0 Å². The molecule has 1 heterocycles. The van der Waals surface area contributed by atoms with Crippen LogP contribution in [-0.2, 0) is 20.6 Å². The molecule has 0 spiro atoms. The lowest BCUT2D eigenvalue weighted by Gasteiger charge is -2.13. The van der Waals surface area contributed by atoms with Crippen LogP contribution in [0.2, 0.25) is 0 Å². The van der Waals surface area contributed by atoms with Crippen molar-refractivity contribution in [2.75, 3.05) is 57.7 Å². The molecule has 0 aliphatic rings. The van der Waals surface area contributed by atoms with Crippen LogP contribution in [0.15, 0.2) is 72.9 Å². The molecule has 4 N–H and O–H groups in total. The van der Waals surface area contributed by atoms with Crippen molar-refractivity contribution in [3.8, 4) is 11.5 Å². The molecule has 0 saturated heterocycles. The van der Waals surface area contributed by atoms with Crippen molar-refractivity contribution in [1.29, 1.82) is 0 Å². The summed E-state index contributed by atoms with van der Waals surface area (Å²) in [6.07, 6.45) is 2.46. The molecule has 0 unspecified atom stereocenters. The van der Waals surface area contributed by atoms with Crippen molar-refractivity contribution in [2.45, 2.75) is 13.3 Å². The smallest absolute Gasteiger partial charge is 0.251 e. The third kappa shape index (κ3) is 8.16. The van der Waals surface area contributed by atoms with Gasteiger partial charge in [-0.3, -0.25) is 4.79 Å². The van der Waals surface area contributed by atoms with E-state index in [1.807, 2.05) is 67.6 Å². The lowest BCUT2D eigenvalue weighted by Crippen LogP contribution is -2.27. The second kappa shape index (κ2) is 14.8. The Labute approximate surface area is 234 Å². The van der Waals surface area contributed by atoms with Gasteiger partial charge in [0.2, 0.25) is 0 Å². The van der Waals surface area contributed by atoms with Gasteiger partial charge >= 0.3 is 0 Å². The quantitative estimate of drug-likeness (QED) is 0.136. The lowest BCUT2D eigenvalue weighted by molar-refractivity contribution is 0.0255. The predicted molar refractivity (Wildman–Crippen MR) is 158 cm³/mol. The number of hydrogen-bond donors (Lipinski definition) is 3. The van der Waals surface area contributed by atoms with Gasteiger partial charge in [-0.2, -0.15) is 0 Å². The van der Waals surface area contributed by atoms with Gasteiger partial charge in [0, 0.05) is 53.6 Å². The monoisotopic (exact) mass is 544 g/mol. The maximum absolute atomic E-state index is 12.8. The Balaban J connectivity index is 1.37. The highest BCUT2D eigenvalue weighted by atomic mass is 16.5. The first-order valence-corrected chi connectivity index (χ1v) is 13.3. The number of benzene rings is 3. The number of nitrogen functional groups attached to an aromatic ring is 1. The SMILES string of the molecule is CCc1cc(Nc2cc(Oc3ccc(N)c4ccccc34)ccn2)cc(C(=O)NCCOCCOCCOC)c1. The third-order valence-corrected chi connectivity index (χ3v) is 6.15. The van der Waals surface area contributed by atoms with Crippen LogP contribution >= 0.6 is 0 Å². The summed E-state index contributed by atoms with van der Waals surface area (Å²) in [4.78, 5) is 17.3. The number of pyridine rings is 1. The zero-order valence-electron chi connectivity index (χ0n) is 22.9. The number of nitrogens with one attached hydrogen (secondary N) is 2. The number of hydrogen-bond acceptors (Lipinski definition) is 8. The first-order valence-electron chi connectivity index (χ1n) is 13.3. The van der Waals surface area contributed by atoms with Crippen LogP contribution in [-0.4, -0.2) is 57.6 Å². The molecular formula is C31H36N4O5. The zero-order chi connectivity index (χ0) is 28.2. The first-order chi connectivity index (χ1) is 19.6. The van der Waals surface area contributed by atoms with E-state index in [1.54, 1.807) is 19.4 Å². The van der Waals surface area contributed by atoms with Gasteiger partial charge < -0.3 is 35.3 Å². The second-order valence-electron chi connectivity index (χ2n) is 9.05. The van der Waals surface area contributed by atoms with Crippen LogP contribution in [0.5, 0.6) is 11.5 Å². The van der Waals surface area contributed by atoms with E-state index in [0.29, 0.717) is 68.1 Å². The standard InChI is InChI=1S/C31H36N4O5/c1-3-22-18-23(31(36)34-12-13-38-16-17-39-15-14-37-2)20-24(19-22)35-30-21-25(10-11-33-30)40-29-9-8-28(32)26-6-4-5-7-27(26)29/h4-11,18-21H,3,12-17,32H2,1-2H3,(H,33,35)(H,34,36). The van der Waals surface area contributed by atoms with Crippen molar-refractivity contribution in [3.05, 3.63) is 84.1 Å². The first kappa shape index (κ1) is 28.8. The summed E-state index contributed by atoms with van der Waals surface area (Å²) in [7, 11) is 1.63. The number of fused-ring (bicyclic) bond motifs is 1. The highest BCUT2D eigenvalue weighted by Crippen LogP contribution is 2.33. The van der Waals surface area contributed by atoms with Gasteiger partial charge in [0.15, 0.2) is 0 Å². The number of rotatable bonds is 15. The Kier molecular flexibility index (Phi) is 10.7. The van der Waals surface area contributed by atoms with Gasteiger partial charge in [-0.1, -0.05) is 31.2 Å². The van der Waals surface area contributed by atoms with Gasteiger partial charge in [0.05, 0.1) is 33.0 Å². The molecule has 9 heteroatoms. The van der Waals surface area contributed by atoms with E-state index in [9.17, 15) is 4.79 Å². The summed E-state index contributed by atoms with van der Waals surface area (Å²) in [6, 6.07) is 20.9. The molecule has 4 aromatic rings. The molecule has 1 aromatic heterocycles. The van der Waals surface area contributed by atoms with E-state index in [2.05, 4.69) is 15.6 Å². The molecular weight excluding hydrogens is 508 g/mol. The van der Waals surface area contributed by atoms with Gasteiger partial charge in [0.1, 0.15) is 17.3 Å². The maximum Gasteiger partial charge on any atom is 0.251 e. The largest absolute Gasteiger partial charge is 0.457 e. The zero-order valence-corrected chi connectivity index (χ0v) is 22.9. The van der Waals surface area contributed by atoms with Crippen molar-refractivity contribution in [3.63, 3.8) is 0 Å². The number of anilines is 3. The minimum absolute atomic E-state index is 0.168. The molecule has 0 atom stereocenters. The summed E-state index contributed by atoms with van der Waals surface area (Å²) in [5.41, 5.74) is 9.18. The number of carbonyl (C=O) groups is 1. The van der Waals surface area contributed by atoms with Gasteiger partial charge in [0.25, 0.3) is 5.91 Å². The van der Waals surface area contributed by atoms with E-state index in [-0.39, 0.29) is 5.91 Å². The maximum atomic E-state index is 12.8. The Morgan fingerprint density at radius 2 is 1.68 bits per heavy atom.